The summed E-state index contributed by atoms with van der Waals surface area (Å²) in [5, 5.41) is 28.2. The highest BCUT2D eigenvalue weighted by Crippen LogP contribution is 2.28. The van der Waals surface area contributed by atoms with Crippen molar-refractivity contribution in [3.63, 3.8) is 0 Å². The monoisotopic (exact) mass is 276 g/mol. The van der Waals surface area contributed by atoms with Crippen LogP contribution in [0.15, 0.2) is 20.7 Å². The van der Waals surface area contributed by atoms with E-state index in [1.165, 1.54) is 0 Å². The molecule has 1 aliphatic rings. The van der Waals surface area contributed by atoms with Crippen LogP contribution < -0.4 is 11.2 Å². The molecule has 1 aromatic rings. The summed E-state index contributed by atoms with van der Waals surface area (Å²) in [5.74, 6) is 0. The Morgan fingerprint density at radius 1 is 1.39 bits per heavy atom. The van der Waals surface area contributed by atoms with Gasteiger partial charge in [0.25, 0.3) is 5.56 Å². The van der Waals surface area contributed by atoms with Crippen molar-refractivity contribution < 1.29 is 20.1 Å². The Morgan fingerprint density at radius 3 is 2.61 bits per heavy atom. The van der Waals surface area contributed by atoms with E-state index in [0.29, 0.717) is 0 Å². The summed E-state index contributed by atoms with van der Waals surface area (Å²) in [6.07, 6.45) is -3.79. The van der Waals surface area contributed by atoms with Crippen LogP contribution in [0, 0.1) is 0 Å². The van der Waals surface area contributed by atoms with Gasteiger partial charge in [-0.05, 0) is 0 Å². The summed E-state index contributed by atoms with van der Waals surface area (Å²) < 4.78 is 6.06. The van der Waals surface area contributed by atoms with Gasteiger partial charge in [0, 0.05) is 6.20 Å². The third-order valence-electron chi connectivity index (χ3n) is 2.74. The zero-order valence-corrected chi connectivity index (χ0v) is 9.95. The third-order valence-corrected chi connectivity index (χ3v) is 3.06. The van der Waals surface area contributed by atoms with Gasteiger partial charge in [-0.25, -0.2) is 4.79 Å². The predicted octanol–water partition coefficient (Wildman–Crippen LogP) is -2.56. The number of nitrogens with one attached hydrogen (secondary N) is 1. The molecule has 0 bridgehead atoms. The van der Waals surface area contributed by atoms with E-state index in [2.05, 4.69) is 12.6 Å². The highest BCUT2D eigenvalue weighted by molar-refractivity contribution is 7.80. The van der Waals surface area contributed by atoms with E-state index in [1.54, 1.807) is 0 Å². The molecule has 0 radical (unpaired) electrons. The number of aromatic nitrogens is 2. The van der Waals surface area contributed by atoms with Crippen LogP contribution in [-0.2, 0) is 4.74 Å². The molecule has 0 unspecified atom stereocenters. The second-order valence-corrected chi connectivity index (χ2v) is 4.39. The fourth-order valence-electron chi connectivity index (χ4n) is 1.77. The minimum absolute atomic E-state index is 0.0349. The van der Waals surface area contributed by atoms with Crippen LogP contribution in [0.2, 0.25) is 0 Å². The summed E-state index contributed by atoms with van der Waals surface area (Å²) in [6.45, 7) is -0.499. The highest BCUT2D eigenvalue weighted by atomic mass is 32.1. The molecule has 9 heteroatoms. The van der Waals surface area contributed by atoms with Gasteiger partial charge >= 0.3 is 5.69 Å². The Morgan fingerprint density at radius 2 is 2.06 bits per heavy atom. The molecule has 18 heavy (non-hydrogen) atoms. The fraction of sp³-hybridized carbons (Fsp3) is 0.556. The van der Waals surface area contributed by atoms with E-state index < -0.39 is 42.4 Å². The van der Waals surface area contributed by atoms with E-state index in [1.807, 2.05) is 4.98 Å². The lowest BCUT2D eigenvalue weighted by atomic mass is 10.1. The van der Waals surface area contributed by atoms with Crippen LogP contribution in [0.4, 0.5) is 0 Å². The molecule has 2 rings (SSSR count). The molecule has 100 valence electrons. The topological polar surface area (TPSA) is 125 Å². The van der Waals surface area contributed by atoms with Crippen LogP contribution in [0.25, 0.3) is 0 Å². The Kier molecular flexibility index (Phi) is 3.59. The maximum absolute atomic E-state index is 11.6. The highest BCUT2D eigenvalue weighted by Gasteiger charge is 2.43. The number of thiol groups is 1. The molecule has 8 nitrogen and oxygen atoms in total. The zero-order valence-electron chi connectivity index (χ0n) is 9.05. The van der Waals surface area contributed by atoms with Gasteiger partial charge < -0.3 is 20.1 Å². The van der Waals surface area contributed by atoms with Crippen molar-refractivity contribution in [3.8, 4) is 0 Å². The second kappa shape index (κ2) is 4.86. The Labute approximate surface area is 106 Å². The van der Waals surface area contributed by atoms with Crippen molar-refractivity contribution in [1.29, 1.82) is 0 Å². The average molecular weight is 276 g/mol. The Hall–Kier alpha value is -1.13. The quantitative estimate of drug-likeness (QED) is 0.378. The van der Waals surface area contributed by atoms with Crippen LogP contribution in [0.3, 0.4) is 0 Å². The summed E-state index contributed by atoms with van der Waals surface area (Å²) in [4.78, 5) is 24.7. The molecule has 4 N–H and O–H groups in total. The van der Waals surface area contributed by atoms with Crippen molar-refractivity contribution in [1.82, 2.24) is 9.55 Å². The summed E-state index contributed by atoms with van der Waals surface area (Å²) >= 11 is 3.85. The number of rotatable bonds is 2. The van der Waals surface area contributed by atoms with Gasteiger partial charge in [-0.2, -0.15) is 0 Å². The number of hydrogen-bond acceptors (Lipinski definition) is 7. The van der Waals surface area contributed by atoms with Gasteiger partial charge in [-0.15, -0.1) is 12.6 Å². The van der Waals surface area contributed by atoms with Crippen LogP contribution in [-0.4, -0.2) is 49.8 Å². The van der Waals surface area contributed by atoms with Gasteiger partial charge in [-0.3, -0.25) is 14.3 Å². The van der Waals surface area contributed by atoms with Gasteiger partial charge in [0.05, 0.1) is 11.5 Å². The molecule has 0 amide bonds. The van der Waals surface area contributed by atoms with E-state index in [0.717, 1.165) is 10.8 Å². The van der Waals surface area contributed by atoms with E-state index >= 15 is 0 Å². The van der Waals surface area contributed by atoms with Crippen LogP contribution in [0.1, 0.15) is 6.23 Å². The Balaban J connectivity index is 2.42. The van der Waals surface area contributed by atoms with Gasteiger partial charge in [-0.1, -0.05) is 0 Å². The van der Waals surface area contributed by atoms with Gasteiger partial charge in [0.15, 0.2) is 6.23 Å². The molecule has 4 atom stereocenters. The molecule has 0 aromatic carbocycles. The summed E-state index contributed by atoms with van der Waals surface area (Å²) in [5.41, 5.74) is -1.46. The third kappa shape index (κ3) is 2.10. The largest absolute Gasteiger partial charge is 0.394 e. The van der Waals surface area contributed by atoms with Crippen molar-refractivity contribution in [3.05, 3.63) is 27.0 Å². The SMILES string of the molecule is O=c1[nH]c(=O)n([C@@H]2O[C@H](CO)[C@@H](O)[C@H]2O)cc1S. The first-order valence-electron chi connectivity index (χ1n) is 5.12. The van der Waals surface area contributed by atoms with Crippen LogP contribution >= 0.6 is 12.6 Å². The molecular formula is C9H12N2O6S. The van der Waals surface area contributed by atoms with E-state index in [-0.39, 0.29) is 4.90 Å². The van der Waals surface area contributed by atoms with Crippen LogP contribution in [0.5, 0.6) is 0 Å². The molecule has 0 aliphatic carbocycles. The number of hydrogen-bond donors (Lipinski definition) is 5. The average Bonchev–Trinajstić information content (AvgIpc) is 2.61. The molecular weight excluding hydrogens is 264 g/mol. The molecule has 2 heterocycles. The summed E-state index contributed by atoms with van der Waals surface area (Å²) in [7, 11) is 0. The van der Waals surface area contributed by atoms with E-state index in [4.69, 9.17) is 9.84 Å². The lowest BCUT2D eigenvalue weighted by Gasteiger charge is -2.17. The summed E-state index contributed by atoms with van der Waals surface area (Å²) in [6, 6.07) is 0. The van der Waals surface area contributed by atoms with Gasteiger partial charge in [0.1, 0.15) is 18.3 Å². The van der Waals surface area contributed by atoms with Crippen molar-refractivity contribution in [2.75, 3.05) is 6.61 Å². The maximum Gasteiger partial charge on any atom is 0.330 e. The standard InChI is InChI=1S/C9H12N2O6S/c12-2-3-5(13)6(14)8(17-3)11-1-4(18)7(15)10-9(11)16/h1,3,5-6,8,12-14,18H,2H2,(H,10,15,16)/t3-,5-,6-,8-/m1/s1. The lowest BCUT2D eigenvalue weighted by Crippen LogP contribution is -2.38. The molecule has 0 spiro atoms. The normalized spacial score (nSPS) is 31.8. The first-order valence-corrected chi connectivity index (χ1v) is 5.57. The predicted molar refractivity (Wildman–Crippen MR) is 61.6 cm³/mol. The molecule has 1 aliphatic heterocycles. The molecule has 1 saturated heterocycles. The number of aliphatic hydroxyl groups is 3. The zero-order chi connectivity index (χ0) is 13.4. The number of H-pyrrole nitrogens is 1. The van der Waals surface area contributed by atoms with Crippen molar-refractivity contribution in [2.45, 2.75) is 29.4 Å². The van der Waals surface area contributed by atoms with Crippen molar-refractivity contribution >= 4 is 12.6 Å². The molecule has 1 aromatic heterocycles. The minimum atomic E-state index is -1.39. The number of aromatic amines is 1. The lowest BCUT2D eigenvalue weighted by molar-refractivity contribution is -0.0553. The second-order valence-electron chi connectivity index (χ2n) is 3.91. The smallest absolute Gasteiger partial charge is 0.330 e. The first kappa shape index (κ1) is 13.3. The fourth-order valence-corrected chi connectivity index (χ4v) is 1.95. The maximum atomic E-state index is 11.6. The van der Waals surface area contributed by atoms with E-state index in [9.17, 15) is 19.8 Å². The number of aliphatic hydroxyl groups excluding tert-OH is 3. The van der Waals surface area contributed by atoms with Gasteiger partial charge in [0.2, 0.25) is 0 Å². The number of ether oxygens (including phenoxy) is 1. The molecule has 0 saturated carbocycles. The first-order chi connectivity index (χ1) is 8.45. The molecule has 1 fully saturated rings. The van der Waals surface area contributed by atoms with Crippen molar-refractivity contribution in [2.24, 2.45) is 0 Å². The Bertz CT molecular complexity index is 555. The number of nitrogens with zero attached hydrogens (tertiary/aromatic N) is 1. The minimum Gasteiger partial charge on any atom is -0.394 e.